The van der Waals surface area contributed by atoms with Crippen molar-refractivity contribution in [1.29, 1.82) is 0 Å². The number of piperidine rings is 1. The summed E-state index contributed by atoms with van der Waals surface area (Å²) in [5.41, 5.74) is -0.416. The van der Waals surface area contributed by atoms with Crippen molar-refractivity contribution in [3.05, 3.63) is 0 Å². The van der Waals surface area contributed by atoms with Crippen LogP contribution < -0.4 is 0 Å². The van der Waals surface area contributed by atoms with Gasteiger partial charge >= 0.3 is 5.97 Å². The Kier molecular flexibility index (Phi) is 5.39. The van der Waals surface area contributed by atoms with Crippen molar-refractivity contribution in [3.63, 3.8) is 0 Å². The Balaban J connectivity index is 2.91. The zero-order valence-corrected chi connectivity index (χ0v) is 12.9. The molecule has 1 heterocycles. The molecule has 2 atom stereocenters. The highest BCUT2D eigenvalue weighted by atomic mass is 16.5. The van der Waals surface area contributed by atoms with Crippen LogP contribution in [0.15, 0.2) is 0 Å². The van der Waals surface area contributed by atoms with Crippen LogP contribution in [0.1, 0.15) is 53.9 Å². The van der Waals surface area contributed by atoms with Crippen LogP contribution >= 0.6 is 0 Å². The summed E-state index contributed by atoms with van der Waals surface area (Å²) in [6.45, 7) is 10.6. The number of esters is 1. The summed E-state index contributed by atoms with van der Waals surface area (Å²) in [5.74, 6) is -1.16. The Bertz CT molecular complexity index is 333. The number of likely N-dealkylation sites (tertiary alicyclic amines) is 1. The molecule has 1 fully saturated rings. The van der Waals surface area contributed by atoms with E-state index in [1.165, 1.54) is 0 Å². The van der Waals surface area contributed by atoms with Crippen molar-refractivity contribution in [2.75, 3.05) is 13.2 Å². The number of ether oxygens (including phenoxy) is 1. The van der Waals surface area contributed by atoms with Gasteiger partial charge in [-0.25, -0.2) is 0 Å². The van der Waals surface area contributed by atoms with Gasteiger partial charge in [0.15, 0.2) is 0 Å². The Morgan fingerprint density at radius 3 is 2.42 bits per heavy atom. The molecule has 0 aromatic rings. The first-order valence-electron chi connectivity index (χ1n) is 7.26. The largest absolute Gasteiger partial charge is 0.465 e. The molecule has 0 bridgehead atoms. The number of rotatable bonds is 3. The van der Waals surface area contributed by atoms with Crippen molar-refractivity contribution < 1.29 is 14.3 Å². The molecule has 4 heteroatoms. The first-order chi connectivity index (χ1) is 8.79. The maximum Gasteiger partial charge on any atom is 0.319 e. The van der Waals surface area contributed by atoms with Gasteiger partial charge in [0, 0.05) is 12.6 Å². The van der Waals surface area contributed by atoms with Crippen LogP contribution in [0.2, 0.25) is 0 Å². The molecule has 110 valence electrons. The van der Waals surface area contributed by atoms with Crippen molar-refractivity contribution in [1.82, 2.24) is 4.90 Å². The predicted octanol–water partition coefficient (Wildman–Crippen LogP) is 2.61. The average molecular weight is 269 g/mol. The summed E-state index contributed by atoms with van der Waals surface area (Å²) in [5, 5.41) is 0. The summed E-state index contributed by atoms with van der Waals surface area (Å²) in [6, 6.07) is 0.223. The zero-order valence-electron chi connectivity index (χ0n) is 12.9. The molecule has 1 saturated heterocycles. The summed E-state index contributed by atoms with van der Waals surface area (Å²) >= 11 is 0. The quantitative estimate of drug-likeness (QED) is 0.584. The van der Waals surface area contributed by atoms with Crippen LogP contribution in [0.25, 0.3) is 0 Å². The second-order valence-electron chi connectivity index (χ2n) is 6.43. The first kappa shape index (κ1) is 16.0. The lowest BCUT2D eigenvalue weighted by Gasteiger charge is -2.38. The molecule has 4 nitrogen and oxygen atoms in total. The third kappa shape index (κ3) is 3.95. The molecule has 0 spiro atoms. The van der Waals surface area contributed by atoms with Gasteiger partial charge in [-0.2, -0.15) is 0 Å². The number of hydrogen-bond acceptors (Lipinski definition) is 3. The zero-order chi connectivity index (χ0) is 14.6. The van der Waals surface area contributed by atoms with Crippen molar-refractivity contribution in [2.45, 2.75) is 59.9 Å². The fourth-order valence-corrected chi connectivity index (χ4v) is 2.64. The van der Waals surface area contributed by atoms with E-state index in [1.54, 1.807) is 6.92 Å². The highest BCUT2D eigenvalue weighted by molar-refractivity contribution is 5.98. The molecule has 1 rings (SSSR count). The maximum atomic E-state index is 12.7. The molecule has 0 saturated carbocycles. The molecule has 1 aliphatic rings. The Morgan fingerprint density at radius 2 is 1.95 bits per heavy atom. The number of hydrogen-bond donors (Lipinski definition) is 0. The van der Waals surface area contributed by atoms with Crippen LogP contribution in [0.3, 0.4) is 0 Å². The maximum absolute atomic E-state index is 12.7. The Labute approximate surface area is 116 Å². The molecule has 0 aliphatic carbocycles. The molecule has 0 aromatic carbocycles. The average Bonchev–Trinajstić information content (AvgIpc) is 2.27. The molecule has 1 aliphatic heterocycles. The minimum atomic E-state index is -0.701. The van der Waals surface area contributed by atoms with Gasteiger partial charge in [-0.15, -0.1) is 0 Å². The van der Waals surface area contributed by atoms with Gasteiger partial charge in [-0.1, -0.05) is 20.8 Å². The second-order valence-corrected chi connectivity index (χ2v) is 6.43. The molecule has 1 amide bonds. The van der Waals surface area contributed by atoms with E-state index in [2.05, 4.69) is 6.92 Å². The number of amides is 1. The predicted molar refractivity (Wildman–Crippen MR) is 74.6 cm³/mol. The molecular weight excluding hydrogens is 242 g/mol. The number of carbonyl (C=O) groups is 2. The Hall–Kier alpha value is -1.06. The second kappa shape index (κ2) is 6.40. The fraction of sp³-hybridized carbons (Fsp3) is 0.867. The molecule has 0 aromatic heterocycles. The first-order valence-corrected chi connectivity index (χ1v) is 7.26. The van der Waals surface area contributed by atoms with Crippen molar-refractivity contribution >= 4 is 11.9 Å². The lowest BCUT2D eigenvalue weighted by molar-refractivity contribution is -0.161. The van der Waals surface area contributed by atoms with Gasteiger partial charge in [-0.3, -0.25) is 9.59 Å². The Morgan fingerprint density at radius 1 is 1.32 bits per heavy atom. The summed E-state index contributed by atoms with van der Waals surface area (Å²) in [6.07, 6.45) is 3.20. The van der Waals surface area contributed by atoms with E-state index >= 15 is 0 Å². The lowest BCUT2D eigenvalue weighted by Crippen LogP contribution is -2.50. The molecular formula is C15H27NO3. The SMILES string of the molecule is CCOC(=O)C(C(=O)N1CCCCC1C)C(C)(C)C. The molecule has 0 N–H and O–H groups in total. The van der Waals surface area contributed by atoms with Crippen LogP contribution in [-0.2, 0) is 14.3 Å². The van der Waals surface area contributed by atoms with Gasteiger partial charge in [0.1, 0.15) is 5.92 Å². The number of carbonyl (C=O) groups excluding carboxylic acids is 2. The van der Waals surface area contributed by atoms with Crippen LogP contribution in [0.4, 0.5) is 0 Å². The third-order valence-electron chi connectivity index (χ3n) is 3.72. The van der Waals surface area contributed by atoms with Crippen LogP contribution in [0.5, 0.6) is 0 Å². The van der Waals surface area contributed by atoms with E-state index in [9.17, 15) is 9.59 Å². The van der Waals surface area contributed by atoms with Crippen molar-refractivity contribution in [2.24, 2.45) is 11.3 Å². The monoisotopic (exact) mass is 269 g/mol. The van der Waals surface area contributed by atoms with Gasteiger partial charge in [0.25, 0.3) is 0 Å². The fourth-order valence-electron chi connectivity index (χ4n) is 2.64. The third-order valence-corrected chi connectivity index (χ3v) is 3.72. The highest BCUT2D eigenvalue weighted by Gasteiger charge is 2.42. The highest BCUT2D eigenvalue weighted by Crippen LogP contribution is 2.31. The summed E-state index contributed by atoms with van der Waals surface area (Å²) in [4.78, 5) is 26.7. The van der Waals surface area contributed by atoms with E-state index in [0.29, 0.717) is 6.61 Å². The normalized spacial score (nSPS) is 21.9. The van der Waals surface area contributed by atoms with Gasteiger partial charge in [0.05, 0.1) is 6.61 Å². The van der Waals surface area contributed by atoms with Gasteiger partial charge < -0.3 is 9.64 Å². The minimum Gasteiger partial charge on any atom is -0.465 e. The standard InChI is InChI=1S/C15H27NO3/c1-6-19-14(18)12(15(3,4)5)13(17)16-10-8-7-9-11(16)2/h11-12H,6-10H2,1-5H3. The topological polar surface area (TPSA) is 46.6 Å². The van der Waals surface area contributed by atoms with Gasteiger partial charge in [-0.05, 0) is 38.5 Å². The van der Waals surface area contributed by atoms with Gasteiger partial charge in [0.2, 0.25) is 5.91 Å². The molecule has 2 unspecified atom stereocenters. The van der Waals surface area contributed by atoms with E-state index in [0.717, 1.165) is 25.8 Å². The molecule has 0 radical (unpaired) electrons. The van der Waals surface area contributed by atoms with E-state index < -0.39 is 17.3 Å². The minimum absolute atomic E-state index is 0.0712. The van der Waals surface area contributed by atoms with E-state index in [1.807, 2.05) is 25.7 Å². The van der Waals surface area contributed by atoms with E-state index in [4.69, 9.17) is 4.74 Å². The summed E-state index contributed by atoms with van der Waals surface area (Å²) < 4.78 is 5.09. The smallest absolute Gasteiger partial charge is 0.319 e. The van der Waals surface area contributed by atoms with Crippen molar-refractivity contribution in [3.8, 4) is 0 Å². The summed E-state index contributed by atoms with van der Waals surface area (Å²) in [7, 11) is 0. The van der Waals surface area contributed by atoms with Crippen LogP contribution in [-0.4, -0.2) is 36.0 Å². The lowest BCUT2D eigenvalue weighted by atomic mass is 9.79. The molecule has 19 heavy (non-hydrogen) atoms. The number of nitrogens with zero attached hydrogens (tertiary/aromatic N) is 1. The van der Waals surface area contributed by atoms with Crippen LogP contribution in [0, 0.1) is 11.3 Å². The van der Waals surface area contributed by atoms with E-state index in [-0.39, 0.29) is 11.9 Å².